The number of hydrogen-bond acceptors (Lipinski definition) is 3. The lowest BCUT2D eigenvalue weighted by Crippen LogP contribution is -2.35. The lowest BCUT2D eigenvalue weighted by atomic mass is 10.1. The van der Waals surface area contributed by atoms with Gasteiger partial charge in [-0.3, -0.25) is 9.59 Å². The van der Waals surface area contributed by atoms with Gasteiger partial charge in [0.1, 0.15) is 0 Å². The molecule has 18 heavy (non-hydrogen) atoms. The molecule has 1 saturated heterocycles. The van der Waals surface area contributed by atoms with Crippen molar-refractivity contribution < 1.29 is 9.59 Å². The molecule has 1 aliphatic heterocycles. The van der Waals surface area contributed by atoms with E-state index in [0.717, 1.165) is 45.2 Å². The second-order valence-corrected chi connectivity index (χ2v) is 5.40. The van der Waals surface area contributed by atoms with Gasteiger partial charge < -0.3 is 16.0 Å². The zero-order chi connectivity index (χ0) is 13.0. The largest absolute Gasteiger partial charge is 0.355 e. The molecule has 5 nitrogen and oxygen atoms in total. The van der Waals surface area contributed by atoms with Crippen LogP contribution < -0.4 is 11.1 Å². The van der Waals surface area contributed by atoms with E-state index in [9.17, 15) is 9.59 Å². The van der Waals surface area contributed by atoms with E-state index < -0.39 is 0 Å². The van der Waals surface area contributed by atoms with Crippen LogP contribution in [-0.4, -0.2) is 42.4 Å². The normalized spacial score (nSPS) is 27.5. The van der Waals surface area contributed by atoms with Crippen molar-refractivity contribution in [3.05, 3.63) is 0 Å². The first-order valence-electron chi connectivity index (χ1n) is 6.98. The molecule has 0 aromatic carbocycles. The van der Waals surface area contributed by atoms with E-state index in [-0.39, 0.29) is 23.8 Å². The Balaban J connectivity index is 1.62. The third-order valence-electron chi connectivity index (χ3n) is 3.94. The molecule has 2 amide bonds. The molecule has 3 N–H and O–H groups in total. The second-order valence-electron chi connectivity index (χ2n) is 5.40. The fraction of sp³-hybridized carbons (Fsp3) is 0.846. The lowest BCUT2D eigenvalue weighted by molar-refractivity contribution is -0.130. The first-order valence-corrected chi connectivity index (χ1v) is 6.98. The molecule has 2 aliphatic rings. The SMILES string of the molecule is NC1CCC(C(=O)NCCC(=O)N2CCCC2)C1. The standard InChI is InChI=1S/C13H23N3O2/c14-11-4-3-10(9-11)13(18)15-6-5-12(17)16-7-1-2-8-16/h10-11H,1-9,14H2,(H,15,18). The molecule has 0 radical (unpaired) electrons. The predicted octanol–water partition coefficient (Wildman–Crippen LogP) is 0.242. The Labute approximate surface area is 108 Å². The summed E-state index contributed by atoms with van der Waals surface area (Å²) in [5.74, 6) is 0.287. The van der Waals surface area contributed by atoms with Gasteiger partial charge in [-0.1, -0.05) is 0 Å². The number of nitrogens with zero attached hydrogens (tertiary/aromatic N) is 1. The molecule has 1 saturated carbocycles. The Morgan fingerprint density at radius 1 is 1.22 bits per heavy atom. The molecule has 102 valence electrons. The summed E-state index contributed by atoms with van der Waals surface area (Å²) in [6.45, 7) is 2.22. The van der Waals surface area contributed by atoms with Crippen LogP contribution in [0.1, 0.15) is 38.5 Å². The average molecular weight is 253 g/mol. The summed E-state index contributed by atoms with van der Waals surface area (Å²) < 4.78 is 0. The van der Waals surface area contributed by atoms with E-state index in [1.165, 1.54) is 0 Å². The van der Waals surface area contributed by atoms with Gasteiger partial charge >= 0.3 is 0 Å². The molecule has 0 bridgehead atoms. The smallest absolute Gasteiger partial charge is 0.224 e. The Morgan fingerprint density at radius 2 is 1.94 bits per heavy atom. The van der Waals surface area contributed by atoms with Gasteiger partial charge in [-0.15, -0.1) is 0 Å². The number of nitrogens with two attached hydrogens (primary N) is 1. The van der Waals surface area contributed by atoms with Gasteiger partial charge in [-0.05, 0) is 32.1 Å². The van der Waals surface area contributed by atoms with Crippen LogP contribution in [0.2, 0.25) is 0 Å². The monoisotopic (exact) mass is 253 g/mol. The molecule has 0 aromatic heterocycles. The van der Waals surface area contributed by atoms with E-state index in [4.69, 9.17) is 5.73 Å². The quantitative estimate of drug-likeness (QED) is 0.753. The van der Waals surface area contributed by atoms with Crippen molar-refractivity contribution in [1.82, 2.24) is 10.2 Å². The first-order chi connectivity index (χ1) is 8.66. The molecule has 1 aliphatic carbocycles. The summed E-state index contributed by atoms with van der Waals surface area (Å²) in [7, 11) is 0. The Morgan fingerprint density at radius 3 is 2.56 bits per heavy atom. The molecule has 2 rings (SSSR count). The maximum Gasteiger partial charge on any atom is 0.224 e. The van der Waals surface area contributed by atoms with Gasteiger partial charge in [0.2, 0.25) is 11.8 Å². The first kappa shape index (κ1) is 13.3. The molecule has 1 heterocycles. The molecular formula is C13H23N3O2. The van der Waals surface area contributed by atoms with Crippen molar-refractivity contribution in [3.63, 3.8) is 0 Å². The number of hydrogen-bond donors (Lipinski definition) is 2. The number of carbonyl (C=O) groups excluding carboxylic acids is 2. The van der Waals surface area contributed by atoms with Gasteiger partial charge in [-0.25, -0.2) is 0 Å². The number of amides is 2. The summed E-state index contributed by atoms with van der Waals surface area (Å²) in [4.78, 5) is 25.4. The highest BCUT2D eigenvalue weighted by Crippen LogP contribution is 2.23. The molecule has 0 spiro atoms. The average Bonchev–Trinajstić information content (AvgIpc) is 2.99. The van der Waals surface area contributed by atoms with Gasteiger partial charge in [0.05, 0.1) is 0 Å². The number of rotatable bonds is 4. The second kappa shape index (κ2) is 6.18. The minimum Gasteiger partial charge on any atom is -0.355 e. The summed E-state index contributed by atoms with van der Waals surface area (Å²) >= 11 is 0. The van der Waals surface area contributed by atoms with Crippen molar-refractivity contribution in [2.45, 2.75) is 44.6 Å². The minimum absolute atomic E-state index is 0.0573. The highest BCUT2D eigenvalue weighted by Gasteiger charge is 2.27. The lowest BCUT2D eigenvalue weighted by Gasteiger charge is -2.16. The van der Waals surface area contributed by atoms with Crippen LogP contribution >= 0.6 is 0 Å². The number of likely N-dealkylation sites (tertiary alicyclic amines) is 1. The van der Waals surface area contributed by atoms with Crippen LogP contribution in [0.25, 0.3) is 0 Å². The minimum atomic E-state index is 0.0573. The number of carbonyl (C=O) groups is 2. The van der Waals surface area contributed by atoms with E-state index in [1.54, 1.807) is 0 Å². The van der Waals surface area contributed by atoms with Gasteiger partial charge in [0, 0.05) is 38.0 Å². The van der Waals surface area contributed by atoms with E-state index in [2.05, 4.69) is 5.32 Å². The predicted molar refractivity (Wildman–Crippen MR) is 68.8 cm³/mol. The summed E-state index contributed by atoms with van der Waals surface area (Å²) in [5, 5.41) is 2.86. The molecule has 2 atom stereocenters. The fourth-order valence-electron chi connectivity index (χ4n) is 2.82. The van der Waals surface area contributed by atoms with Crippen molar-refractivity contribution >= 4 is 11.8 Å². The van der Waals surface area contributed by atoms with Crippen molar-refractivity contribution in [3.8, 4) is 0 Å². The van der Waals surface area contributed by atoms with Crippen molar-refractivity contribution in [2.24, 2.45) is 11.7 Å². The van der Waals surface area contributed by atoms with Gasteiger partial charge in [0.25, 0.3) is 0 Å². The van der Waals surface area contributed by atoms with Crippen LogP contribution in [-0.2, 0) is 9.59 Å². The molecule has 5 heteroatoms. The van der Waals surface area contributed by atoms with Crippen molar-refractivity contribution in [1.29, 1.82) is 0 Å². The maximum atomic E-state index is 11.8. The topological polar surface area (TPSA) is 75.4 Å². The van der Waals surface area contributed by atoms with E-state index in [1.807, 2.05) is 4.90 Å². The Kier molecular flexibility index (Phi) is 4.58. The molecule has 0 aromatic rings. The highest BCUT2D eigenvalue weighted by atomic mass is 16.2. The zero-order valence-electron chi connectivity index (χ0n) is 10.9. The fourth-order valence-corrected chi connectivity index (χ4v) is 2.82. The summed E-state index contributed by atoms with van der Waals surface area (Å²) in [6, 6.07) is 0.173. The zero-order valence-corrected chi connectivity index (χ0v) is 10.9. The molecule has 2 fully saturated rings. The maximum absolute atomic E-state index is 11.8. The Bertz CT molecular complexity index is 313. The van der Waals surface area contributed by atoms with Crippen LogP contribution in [0.5, 0.6) is 0 Å². The third-order valence-corrected chi connectivity index (χ3v) is 3.94. The van der Waals surface area contributed by atoms with Crippen LogP contribution in [0, 0.1) is 5.92 Å². The molecule has 2 unspecified atom stereocenters. The molecular weight excluding hydrogens is 230 g/mol. The van der Waals surface area contributed by atoms with E-state index in [0.29, 0.717) is 13.0 Å². The van der Waals surface area contributed by atoms with E-state index >= 15 is 0 Å². The van der Waals surface area contributed by atoms with Gasteiger partial charge in [0.15, 0.2) is 0 Å². The Hall–Kier alpha value is -1.10. The summed E-state index contributed by atoms with van der Waals surface area (Å²) in [5.41, 5.74) is 5.78. The number of nitrogens with one attached hydrogen (secondary N) is 1. The van der Waals surface area contributed by atoms with Crippen LogP contribution in [0.3, 0.4) is 0 Å². The van der Waals surface area contributed by atoms with Gasteiger partial charge in [-0.2, -0.15) is 0 Å². The third kappa shape index (κ3) is 3.45. The summed E-state index contributed by atoms with van der Waals surface area (Å²) in [6.07, 6.45) is 5.24. The van der Waals surface area contributed by atoms with Crippen LogP contribution in [0.15, 0.2) is 0 Å². The highest BCUT2D eigenvalue weighted by molar-refractivity contribution is 5.80. The van der Waals surface area contributed by atoms with Crippen LogP contribution in [0.4, 0.5) is 0 Å². The van der Waals surface area contributed by atoms with Crippen molar-refractivity contribution in [2.75, 3.05) is 19.6 Å².